The first-order valence-corrected chi connectivity index (χ1v) is 11.3. The van der Waals surface area contributed by atoms with E-state index < -0.39 is 10.0 Å². The summed E-state index contributed by atoms with van der Waals surface area (Å²) in [6.07, 6.45) is 2.30. The van der Waals surface area contributed by atoms with Crippen LogP contribution in [0.2, 0.25) is 0 Å². The van der Waals surface area contributed by atoms with E-state index in [9.17, 15) is 8.42 Å². The van der Waals surface area contributed by atoms with Crippen LogP contribution in [0.25, 0.3) is 11.0 Å². The molecular weight excluding hydrogens is 360 g/mol. The third-order valence-electron chi connectivity index (χ3n) is 5.33. The van der Waals surface area contributed by atoms with Gasteiger partial charge in [-0.25, -0.2) is 17.7 Å². The van der Waals surface area contributed by atoms with Gasteiger partial charge in [0.15, 0.2) is 0 Å². The van der Waals surface area contributed by atoms with Gasteiger partial charge in [-0.1, -0.05) is 20.8 Å². The summed E-state index contributed by atoms with van der Waals surface area (Å²) in [5, 5.41) is 0. The van der Waals surface area contributed by atoms with E-state index in [1.54, 1.807) is 26.2 Å². The summed E-state index contributed by atoms with van der Waals surface area (Å²) in [4.78, 5) is 7.64. The van der Waals surface area contributed by atoms with Crippen LogP contribution in [0.1, 0.15) is 39.4 Å². The molecule has 1 aliphatic heterocycles. The normalized spacial score (nSPS) is 22.0. The van der Waals surface area contributed by atoms with E-state index in [1.807, 2.05) is 6.07 Å². The van der Waals surface area contributed by atoms with Gasteiger partial charge in [0.1, 0.15) is 5.82 Å². The van der Waals surface area contributed by atoms with E-state index in [1.165, 1.54) is 10.7 Å². The second-order valence-electron chi connectivity index (χ2n) is 8.26. The van der Waals surface area contributed by atoms with Gasteiger partial charge < -0.3 is 4.57 Å². The lowest BCUT2D eigenvalue weighted by atomic mass is 9.92. The number of piperidine rings is 1. The van der Waals surface area contributed by atoms with Crippen LogP contribution in [0.15, 0.2) is 23.1 Å². The lowest BCUT2D eigenvalue weighted by Crippen LogP contribution is -2.38. The molecule has 2 aromatic rings. The zero-order valence-corrected chi connectivity index (χ0v) is 18.0. The lowest BCUT2D eigenvalue weighted by Gasteiger charge is -2.34. The van der Waals surface area contributed by atoms with E-state index in [-0.39, 0.29) is 0 Å². The van der Waals surface area contributed by atoms with Crippen LogP contribution >= 0.6 is 0 Å². The highest BCUT2D eigenvalue weighted by Crippen LogP contribution is 2.26. The molecule has 7 heteroatoms. The van der Waals surface area contributed by atoms with Gasteiger partial charge in [0.25, 0.3) is 0 Å². The number of imidazole rings is 1. The second kappa shape index (κ2) is 7.89. The summed E-state index contributed by atoms with van der Waals surface area (Å²) in [5.74, 6) is 2.44. The van der Waals surface area contributed by atoms with Gasteiger partial charge in [0, 0.05) is 33.7 Å². The number of hydrogen-bond donors (Lipinski definition) is 0. The van der Waals surface area contributed by atoms with Crippen LogP contribution in [-0.2, 0) is 23.1 Å². The average Bonchev–Trinajstić information content (AvgIpc) is 2.90. The monoisotopic (exact) mass is 392 g/mol. The number of likely N-dealkylation sites (tertiary alicyclic amines) is 1. The Morgan fingerprint density at radius 3 is 2.44 bits per heavy atom. The Balaban J connectivity index is 1.98. The molecule has 0 saturated carbocycles. The Morgan fingerprint density at radius 2 is 1.85 bits per heavy atom. The molecule has 1 aromatic heterocycles. The largest absolute Gasteiger partial charge is 0.327 e. The van der Waals surface area contributed by atoms with E-state index in [4.69, 9.17) is 4.98 Å². The minimum Gasteiger partial charge on any atom is -0.327 e. The van der Waals surface area contributed by atoms with Gasteiger partial charge >= 0.3 is 0 Å². The van der Waals surface area contributed by atoms with Crippen molar-refractivity contribution < 1.29 is 8.42 Å². The fraction of sp³-hybridized carbons (Fsp3) is 0.650. The Labute approximate surface area is 163 Å². The number of nitrogens with zero attached hydrogens (tertiary/aromatic N) is 4. The molecule has 1 saturated heterocycles. The molecule has 2 heterocycles. The van der Waals surface area contributed by atoms with Gasteiger partial charge in [0.05, 0.1) is 22.5 Å². The molecule has 1 aliphatic rings. The van der Waals surface area contributed by atoms with Gasteiger partial charge in [-0.3, -0.25) is 4.90 Å². The minimum atomic E-state index is -3.45. The Morgan fingerprint density at radius 1 is 1.19 bits per heavy atom. The van der Waals surface area contributed by atoms with E-state index in [0.717, 1.165) is 49.5 Å². The second-order valence-corrected chi connectivity index (χ2v) is 10.4. The summed E-state index contributed by atoms with van der Waals surface area (Å²) in [6.45, 7) is 10.7. The maximum Gasteiger partial charge on any atom is 0.242 e. The van der Waals surface area contributed by atoms with Crippen LogP contribution < -0.4 is 0 Å². The predicted octanol–water partition coefficient (Wildman–Crippen LogP) is 3.17. The van der Waals surface area contributed by atoms with E-state index in [0.29, 0.717) is 16.7 Å². The van der Waals surface area contributed by atoms with Crippen LogP contribution in [-0.4, -0.2) is 54.4 Å². The third kappa shape index (κ3) is 4.20. The summed E-state index contributed by atoms with van der Waals surface area (Å²) in [6, 6.07) is 5.31. The first-order valence-electron chi connectivity index (χ1n) is 9.86. The van der Waals surface area contributed by atoms with Crippen molar-refractivity contribution in [2.24, 2.45) is 11.8 Å². The highest BCUT2D eigenvalue weighted by Gasteiger charge is 2.24. The third-order valence-corrected chi connectivity index (χ3v) is 7.15. The number of sulfonamides is 1. The lowest BCUT2D eigenvalue weighted by molar-refractivity contribution is 0.130. The van der Waals surface area contributed by atoms with Crippen molar-refractivity contribution in [2.75, 3.05) is 27.2 Å². The standard InChI is InChI=1S/C20H32N4O2S/c1-6-9-24-19-8-7-17(27(25,26)22(4)5)11-18(19)21-20(24)14-23-12-15(2)10-16(3)13-23/h7-8,11,15-16H,6,9-10,12-14H2,1-5H3. The van der Waals surface area contributed by atoms with Gasteiger partial charge in [-0.05, 0) is 42.9 Å². The first-order chi connectivity index (χ1) is 12.7. The number of benzene rings is 1. The average molecular weight is 393 g/mol. The number of hydrogen-bond acceptors (Lipinski definition) is 4. The maximum atomic E-state index is 12.5. The fourth-order valence-corrected chi connectivity index (χ4v) is 5.17. The predicted molar refractivity (Wildman–Crippen MR) is 109 cm³/mol. The van der Waals surface area contributed by atoms with Gasteiger partial charge in [-0.2, -0.15) is 0 Å². The number of fused-ring (bicyclic) bond motifs is 1. The molecule has 150 valence electrons. The van der Waals surface area contributed by atoms with Crippen molar-refractivity contribution in [3.8, 4) is 0 Å². The van der Waals surface area contributed by atoms with Crippen molar-refractivity contribution in [3.05, 3.63) is 24.0 Å². The quantitative estimate of drug-likeness (QED) is 0.758. The summed E-state index contributed by atoms with van der Waals surface area (Å²) in [5.41, 5.74) is 1.78. The number of aromatic nitrogens is 2. The molecular formula is C20H32N4O2S. The molecule has 0 aliphatic carbocycles. The Kier molecular flexibility index (Phi) is 5.93. The zero-order valence-electron chi connectivity index (χ0n) is 17.1. The molecule has 0 spiro atoms. The smallest absolute Gasteiger partial charge is 0.242 e. The molecule has 27 heavy (non-hydrogen) atoms. The van der Waals surface area contributed by atoms with Crippen molar-refractivity contribution in [2.45, 2.75) is 51.6 Å². The zero-order chi connectivity index (χ0) is 19.8. The highest BCUT2D eigenvalue weighted by molar-refractivity contribution is 7.89. The summed E-state index contributed by atoms with van der Waals surface area (Å²) in [7, 11) is -0.343. The molecule has 0 N–H and O–H groups in total. The van der Waals surface area contributed by atoms with Crippen molar-refractivity contribution in [1.82, 2.24) is 18.8 Å². The van der Waals surface area contributed by atoms with E-state index in [2.05, 4.69) is 30.2 Å². The van der Waals surface area contributed by atoms with Crippen LogP contribution in [0.4, 0.5) is 0 Å². The molecule has 3 rings (SSSR count). The number of rotatable bonds is 6. The maximum absolute atomic E-state index is 12.5. The van der Waals surface area contributed by atoms with Crippen molar-refractivity contribution in [1.29, 1.82) is 0 Å². The summed E-state index contributed by atoms with van der Waals surface area (Å²) < 4.78 is 28.4. The van der Waals surface area contributed by atoms with Gasteiger partial charge in [-0.15, -0.1) is 0 Å². The molecule has 0 bridgehead atoms. The number of aryl methyl sites for hydroxylation is 1. The van der Waals surface area contributed by atoms with Crippen LogP contribution in [0.5, 0.6) is 0 Å². The highest BCUT2D eigenvalue weighted by atomic mass is 32.2. The summed E-state index contributed by atoms with van der Waals surface area (Å²) >= 11 is 0. The molecule has 0 radical (unpaired) electrons. The molecule has 0 amide bonds. The fourth-order valence-electron chi connectivity index (χ4n) is 4.25. The molecule has 2 atom stereocenters. The molecule has 1 fully saturated rings. The van der Waals surface area contributed by atoms with Crippen LogP contribution in [0, 0.1) is 11.8 Å². The van der Waals surface area contributed by atoms with Crippen molar-refractivity contribution in [3.63, 3.8) is 0 Å². The minimum absolute atomic E-state index is 0.299. The topological polar surface area (TPSA) is 58.4 Å². The Hall–Kier alpha value is -1.44. The van der Waals surface area contributed by atoms with Crippen LogP contribution in [0.3, 0.4) is 0 Å². The molecule has 1 aromatic carbocycles. The van der Waals surface area contributed by atoms with Gasteiger partial charge in [0.2, 0.25) is 10.0 Å². The van der Waals surface area contributed by atoms with E-state index >= 15 is 0 Å². The molecule has 6 nitrogen and oxygen atoms in total. The molecule has 2 unspecified atom stereocenters. The first kappa shape index (κ1) is 20.3. The Bertz CT molecular complexity index is 894. The van der Waals surface area contributed by atoms with Crippen molar-refractivity contribution >= 4 is 21.1 Å². The SMILES string of the molecule is CCCn1c(CN2CC(C)CC(C)C2)nc2cc(S(=O)(=O)N(C)C)ccc21.